The molecule has 0 bridgehead atoms. The summed E-state index contributed by atoms with van der Waals surface area (Å²) < 4.78 is 0. The normalized spacial score (nSPS) is 13.6. The predicted molar refractivity (Wildman–Crippen MR) is 176 cm³/mol. The molecule has 2 nitrogen and oxygen atoms in total. The van der Waals surface area contributed by atoms with Gasteiger partial charge in [0.1, 0.15) is 0 Å². The third kappa shape index (κ3) is 3.52. The van der Waals surface area contributed by atoms with Crippen LogP contribution in [0.25, 0.3) is 21.9 Å². The van der Waals surface area contributed by atoms with Crippen LogP contribution in [0, 0.1) is 0 Å². The molecule has 41 heavy (non-hydrogen) atoms. The second kappa shape index (κ2) is 8.87. The predicted octanol–water partition coefficient (Wildman–Crippen LogP) is 8.84. The number of benzene rings is 6. The molecule has 6 aromatic rings. The van der Waals surface area contributed by atoms with Gasteiger partial charge in [0.15, 0.2) is 0 Å². The van der Waals surface area contributed by atoms with Crippen molar-refractivity contribution >= 4 is 57.0 Å². The van der Waals surface area contributed by atoms with Crippen molar-refractivity contribution in [2.75, 3.05) is 9.71 Å². The zero-order valence-electron chi connectivity index (χ0n) is 23.7. The molecule has 6 aromatic carbocycles. The summed E-state index contributed by atoms with van der Waals surface area (Å²) in [6.07, 6.45) is 0. The van der Waals surface area contributed by atoms with E-state index in [4.69, 9.17) is 0 Å². The number of fused-ring (bicyclic) bond motifs is 5. The van der Waals surface area contributed by atoms with E-state index < -0.39 is 0 Å². The Morgan fingerprint density at radius 2 is 1.17 bits per heavy atom. The van der Waals surface area contributed by atoms with E-state index in [9.17, 15) is 0 Å². The summed E-state index contributed by atoms with van der Waals surface area (Å²) in [5.74, 6) is 0. The Morgan fingerprint density at radius 3 is 2.00 bits per heavy atom. The van der Waals surface area contributed by atoms with Crippen LogP contribution in [0.3, 0.4) is 0 Å². The van der Waals surface area contributed by atoms with Crippen molar-refractivity contribution in [1.29, 1.82) is 0 Å². The lowest BCUT2D eigenvalue weighted by atomic mass is 9.43. The van der Waals surface area contributed by atoms with Crippen molar-refractivity contribution in [3.63, 3.8) is 0 Å². The van der Waals surface area contributed by atoms with Crippen LogP contribution in [0.5, 0.6) is 0 Å². The second-order valence-electron chi connectivity index (χ2n) is 12.2. The van der Waals surface area contributed by atoms with Gasteiger partial charge in [0.25, 0.3) is 0 Å². The highest BCUT2D eigenvalue weighted by molar-refractivity contribution is 6.93. The summed E-state index contributed by atoms with van der Waals surface area (Å²) in [5, 5.41) is 2.61. The molecule has 3 heteroatoms. The van der Waals surface area contributed by atoms with Gasteiger partial charge < -0.3 is 9.71 Å². The van der Waals surface area contributed by atoms with Gasteiger partial charge in [-0.3, -0.25) is 0 Å². The Labute approximate surface area is 242 Å². The lowest BCUT2D eigenvalue weighted by Gasteiger charge is -2.46. The maximum atomic E-state index is 2.63. The van der Waals surface area contributed by atoms with Gasteiger partial charge in [-0.2, -0.15) is 0 Å². The Kier molecular flexibility index (Phi) is 5.21. The van der Waals surface area contributed by atoms with Crippen LogP contribution in [0.15, 0.2) is 133 Å². The number of nitrogens with zero attached hydrogens (tertiary/aromatic N) is 2. The molecule has 0 aromatic heterocycles. The van der Waals surface area contributed by atoms with Crippen molar-refractivity contribution in [2.24, 2.45) is 0 Å². The molecule has 196 valence electrons. The Morgan fingerprint density at radius 1 is 0.512 bits per heavy atom. The van der Waals surface area contributed by atoms with E-state index in [0.29, 0.717) is 0 Å². The van der Waals surface area contributed by atoms with Crippen LogP contribution in [-0.2, 0) is 5.41 Å². The number of hydrogen-bond acceptors (Lipinski definition) is 2. The van der Waals surface area contributed by atoms with Crippen molar-refractivity contribution in [3.05, 3.63) is 139 Å². The zero-order valence-corrected chi connectivity index (χ0v) is 23.7. The van der Waals surface area contributed by atoms with Crippen molar-refractivity contribution < 1.29 is 0 Å². The molecule has 8 rings (SSSR count). The van der Waals surface area contributed by atoms with Gasteiger partial charge in [0, 0.05) is 34.0 Å². The molecular formula is C38H31BN2. The molecule has 0 spiro atoms. The smallest absolute Gasteiger partial charge is 0.333 e. The number of hydrogen-bond donors (Lipinski definition) is 0. The summed E-state index contributed by atoms with van der Waals surface area (Å²) in [6.45, 7) is 7.08. The first kappa shape index (κ1) is 24.1. The van der Waals surface area contributed by atoms with Gasteiger partial charge in [0.05, 0.1) is 0 Å². The van der Waals surface area contributed by atoms with E-state index in [2.05, 4.69) is 164 Å². The van der Waals surface area contributed by atoms with Crippen LogP contribution in [0.4, 0.5) is 28.4 Å². The largest absolute Gasteiger partial charge is 0.376 e. The van der Waals surface area contributed by atoms with Gasteiger partial charge in [-0.15, -0.1) is 0 Å². The summed E-state index contributed by atoms with van der Waals surface area (Å²) in [7, 11) is 0. The Balaban J connectivity index is 1.50. The molecule has 0 atom stereocenters. The quantitative estimate of drug-likeness (QED) is 0.208. The van der Waals surface area contributed by atoms with Crippen LogP contribution in [0.2, 0.25) is 0 Å². The summed E-state index contributed by atoms with van der Waals surface area (Å²) in [5.41, 5.74) is 12.8. The van der Waals surface area contributed by atoms with Crippen molar-refractivity contribution in [1.82, 2.24) is 0 Å². The van der Waals surface area contributed by atoms with Gasteiger partial charge >= 0.3 is 6.85 Å². The minimum Gasteiger partial charge on any atom is -0.376 e. The molecule has 0 unspecified atom stereocenters. The van der Waals surface area contributed by atoms with E-state index >= 15 is 0 Å². The Hall–Kier alpha value is -4.76. The number of rotatable bonds is 2. The van der Waals surface area contributed by atoms with Crippen molar-refractivity contribution in [2.45, 2.75) is 26.2 Å². The van der Waals surface area contributed by atoms with Gasteiger partial charge in [-0.1, -0.05) is 118 Å². The summed E-state index contributed by atoms with van der Waals surface area (Å²) in [6, 6.07) is 49.0. The molecular weight excluding hydrogens is 495 g/mol. The molecule has 0 N–H and O–H groups in total. The molecule has 2 aliphatic heterocycles. The maximum Gasteiger partial charge on any atom is 0.333 e. The van der Waals surface area contributed by atoms with Crippen LogP contribution in [-0.4, -0.2) is 6.85 Å². The maximum absolute atomic E-state index is 2.63. The van der Waals surface area contributed by atoms with Crippen LogP contribution >= 0.6 is 0 Å². The highest BCUT2D eigenvalue weighted by atomic mass is 15.2. The molecule has 0 aliphatic carbocycles. The molecule has 0 radical (unpaired) electrons. The second-order valence-corrected chi connectivity index (χ2v) is 12.2. The minimum atomic E-state index is -0.0603. The van der Waals surface area contributed by atoms with Gasteiger partial charge in [0.2, 0.25) is 0 Å². The molecule has 2 heterocycles. The monoisotopic (exact) mass is 526 g/mol. The average Bonchev–Trinajstić information content (AvgIpc) is 3.00. The average molecular weight is 526 g/mol. The first-order valence-electron chi connectivity index (χ1n) is 14.5. The third-order valence-electron chi connectivity index (χ3n) is 8.71. The van der Waals surface area contributed by atoms with E-state index in [1.54, 1.807) is 0 Å². The minimum absolute atomic E-state index is 0.0366. The fourth-order valence-corrected chi connectivity index (χ4v) is 7.17. The SMILES string of the molecule is CC(C)(C)c1c(N2B3c4ccccc4N(c4ccccc4)c4cccc(c43)-c3ccccc32)ccc2ccccc12. The van der Waals surface area contributed by atoms with E-state index in [0.717, 1.165) is 0 Å². The summed E-state index contributed by atoms with van der Waals surface area (Å²) >= 11 is 0. The summed E-state index contributed by atoms with van der Waals surface area (Å²) in [4.78, 5) is 5.08. The number of para-hydroxylation sites is 3. The number of anilines is 5. The molecule has 2 aliphatic rings. The van der Waals surface area contributed by atoms with Crippen LogP contribution < -0.4 is 20.6 Å². The first-order valence-corrected chi connectivity index (χ1v) is 14.5. The van der Waals surface area contributed by atoms with Gasteiger partial charge in [-0.05, 0) is 74.6 Å². The van der Waals surface area contributed by atoms with E-state index in [-0.39, 0.29) is 12.3 Å². The lowest BCUT2D eigenvalue weighted by molar-refractivity contribution is 0.597. The highest BCUT2D eigenvalue weighted by Crippen LogP contribution is 2.48. The van der Waals surface area contributed by atoms with Gasteiger partial charge in [-0.25, -0.2) is 0 Å². The third-order valence-corrected chi connectivity index (χ3v) is 8.71. The standard InChI is InChI=1S/C38H31BN2/c1-38(2,3)36-28-17-8-7-14-26(28)24-25-34(36)41-32-21-11-9-18-29(32)30-19-13-23-35-37(30)39(41)31-20-10-12-22-33(31)40(35)27-15-5-4-6-16-27/h4-25H,1-3H3. The van der Waals surface area contributed by atoms with E-state index in [1.165, 1.54) is 66.8 Å². The zero-order chi connectivity index (χ0) is 27.7. The first-order chi connectivity index (χ1) is 20.0. The highest BCUT2D eigenvalue weighted by Gasteiger charge is 2.45. The fourth-order valence-electron chi connectivity index (χ4n) is 7.17. The molecule has 0 fully saturated rings. The van der Waals surface area contributed by atoms with Crippen molar-refractivity contribution in [3.8, 4) is 11.1 Å². The van der Waals surface area contributed by atoms with Crippen LogP contribution in [0.1, 0.15) is 26.3 Å². The van der Waals surface area contributed by atoms with E-state index in [1.807, 2.05) is 0 Å². The lowest BCUT2D eigenvalue weighted by Crippen LogP contribution is -2.61. The fraction of sp³-hybridized carbons (Fsp3) is 0.105. The molecule has 0 amide bonds. The topological polar surface area (TPSA) is 6.48 Å². The Bertz CT molecular complexity index is 1950. The molecule has 0 saturated carbocycles. The molecule has 0 saturated heterocycles.